The third-order valence-corrected chi connectivity index (χ3v) is 6.22. The predicted octanol–water partition coefficient (Wildman–Crippen LogP) is 2.42. The summed E-state index contributed by atoms with van der Waals surface area (Å²) >= 11 is 0. The number of likely N-dealkylation sites (tertiary alicyclic amines) is 2. The molecule has 3 fully saturated rings. The summed E-state index contributed by atoms with van der Waals surface area (Å²) in [7, 11) is 2.15. The molecule has 0 spiro atoms. The Morgan fingerprint density at radius 2 is 1.38 bits per heavy atom. The SMILES string of the molecule is CN1CCC(NC(=O)NC2CCN(CC3CCCCC3)CC2)CC1. The van der Waals surface area contributed by atoms with Crippen LogP contribution in [0.5, 0.6) is 0 Å². The summed E-state index contributed by atoms with van der Waals surface area (Å²) in [4.78, 5) is 17.2. The fourth-order valence-electron chi connectivity index (χ4n) is 4.56. The molecule has 1 saturated carbocycles. The zero-order chi connectivity index (χ0) is 16.8. The van der Waals surface area contributed by atoms with E-state index in [1.807, 2.05) is 0 Å². The van der Waals surface area contributed by atoms with E-state index < -0.39 is 0 Å². The summed E-state index contributed by atoms with van der Waals surface area (Å²) in [6.45, 7) is 5.76. The van der Waals surface area contributed by atoms with E-state index in [0.717, 1.165) is 57.8 Å². The minimum Gasteiger partial charge on any atom is -0.335 e. The Morgan fingerprint density at radius 1 is 0.833 bits per heavy atom. The van der Waals surface area contributed by atoms with Gasteiger partial charge in [-0.3, -0.25) is 0 Å². The lowest BCUT2D eigenvalue weighted by molar-refractivity contribution is 0.154. The maximum atomic E-state index is 12.2. The third-order valence-electron chi connectivity index (χ3n) is 6.22. The summed E-state index contributed by atoms with van der Waals surface area (Å²) in [6.07, 6.45) is 11.5. The van der Waals surface area contributed by atoms with E-state index in [4.69, 9.17) is 0 Å². The molecule has 0 aromatic heterocycles. The minimum absolute atomic E-state index is 0.0512. The average Bonchev–Trinajstić information content (AvgIpc) is 2.60. The van der Waals surface area contributed by atoms with Crippen molar-refractivity contribution in [2.24, 2.45) is 5.92 Å². The molecule has 5 heteroatoms. The maximum absolute atomic E-state index is 12.2. The van der Waals surface area contributed by atoms with Gasteiger partial charge in [0, 0.05) is 31.7 Å². The van der Waals surface area contributed by atoms with E-state index in [9.17, 15) is 4.79 Å². The highest BCUT2D eigenvalue weighted by Gasteiger charge is 2.25. The molecular formula is C19H36N4O. The van der Waals surface area contributed by atoms with Gasteiger partial charge in [0.25, 0.3) is 0 Å². The van der Waals surface area contributed by atoms with Crippen LogP contribution in [0.2, 0.25) is 0 Å². The largest absolute Gasteiger partial charge is 0.335 e. The first-order chi connectivity index (χ1) is 11.7. The molecule has 3 rings (SSSR count). The van der Waals surface area contributed by atoms with Crippen LogP contribution >= 0.6 is 0 Å². The van der Waals surface area contributed by atoms with E-state index in [2.05, 4.69) is 27.5 Å². The van der Waals surface area contributed by atoms with E-state index in [1.165, 1.54) is 38.6 Å². The molecule has 2 N–H and O–H groups in total. The van der Waals surface area contributed by atoms with Gasteiger partial charge in [-0.2, -0.15) is 0 Å². The van der Waals surface area contributed by atoms with E-state index in [1.54, 1.807) is 0 Å². The van der Waals surface area contributed by atoms with E-state index in [0.29, 0.717) is 12.1 Å². The van der Waals surface area contributed by atoms with Gasteiger partial charge in [-0.05, 0) is 64.6 Å². The van der Waals surface area contributed by atoms with Gasteiger partial charge >= 0.3 is 6.03 Å². The number of hydrogen-bond donors (Lipinski definition) is 2. The van der Waals surface area contributed by atoms with Crippen LogP contribution in [0.3, 0.4) is 0 Å². The average molecular weight is 337 g/mol. The van der Waals surface area contributed by atoms with Gasteiger partial charge in [0.15, 0.2) is 0 Å². The zero-order valence-corrected chi connectivity index (χ0v) is 15.4. The molecule has 0 aromatic rings. The predicted molar refractivity (Wildman–Crippen MR) is 98.2 cm³/mol. The fourth-order valence-corrected chi connectivity index (χ4v) is 4.56. The Kier molecular flexibility index (Phi) is 6.78. The highest BCUT2D eigenvalue weighted by molar-refractivity contribution is 5.74. The fraction of sp³-hybridized carbons (Fsp3) is 0.947. The number of nitrogens with zero attached hydrogens (tertiary/aromatic N) is 2. The molecule has 2 amide bonds. The Hall–Kier alpha value is -0.810. The van der Waals surface area contributed by atoms with Crippen molar-refractivity contribution in [2.75, 3.05) is 39.8 Å². The van der Waals surface area contributed by atoms with Crippen LogP contribution < -0.4 is 10.6 Å². The molecule has 24 heavy (non-hydrogen) atoms. The Balaban J connectivity index is 1.30. The van der Waals surface area contributed by atoms with Crippen LogP contribution in [0.1, 0.15) is 57.8 Å². The molecule has 5 nitrogen and oxygen atoms in total. The van der Waals surface area contributed by atoms with Crippen molar-refractivity contribution in [1.29, 1.82) is 0 Å². The second kappa shape index (κ2) is 9.04. The van der Waals surface area contributed by atoms with Crippen molar-refractivity contribution in [2.45, 2.75) is 69.9 Å². The lowest BCUT2D eigenvalue weighted by Gasteiger charge is -2.36. The number of rotatable bonds is 4. The van der Waals surface area contributed by atoms with Crippen LogP contribution in [0.4, 0.5) is 4.79 Å². The Morgan fingerprint density at radius 3 is 1.96 bits per heavy atom. The smallest absolute Gasteiger partial charge is 0.315 e. The van der Waals surface area contributed by atoms with Crippen molar-refractivity contribution < 1.29 is 4.79 Å². The Bertz CT molecular complexity index is 381. The van der Waals surface area contributed by atoms with Gasteiger partial charge < -0.3 is 20.4 Å². The molecule has 3 aliphatic rings. The highest BCUT2D eigenvalue weighted by atomic mass is 16.2. The normalized spacial score (nSPS) is 26.4. The molecule has 2 heterocycles. The molecule has 2 aliphatic heterocycles. The van der Waals surface area contributed by atoms with Gasteiger partial charge in [0.1, 0.15) is 0 Å². The summed E-state index contributed by atoms with van der Waals surface area (Å²) < 4.78 is 0. The van der Waals surface area contributed by atoms with Crippen molar-refractivity contribution in [3.8, 4) is 0 Å². The second-order valence-electron chi connectivity index (χ2n) is 8.27. The number of urea groups is 1. The first kappa shape index (κ1) is 18.0. The lowest BCUT2D eigenvalue weighted by Crippen LogP contribution is -2.52. The summed E-state index contributed by atoms with van der Waals surface area (Å²) in [5, 5.41) is 6.38. The number of amides is 2. The number of carbonyl (C=O) groups is 1. The first-order valence-electron chi connectivity index (χ1n) is 10.2. The molecule has 0 unspecified atom stereocenters. The molecular weight excluding hydrogens is 300 g/mol. The van der Waals surface area contributed by atoms with Gasteiger partial charge in [0.2, 0.25) is 0 Å². The summed E-state index contributed by atoms with van der Waals surface area (Å²) in [6, 6.07) is 0.766. The van der Waals surface area contributed by atoms with Crippen LogP contribution in [0.25, 0.3) is 0 Å². The van der Waals surface area contributed by atoms with Crippen LogP contribution in [-0.2, 0) is 0 Å². The van der Waals surface area contributed by atoms with Crippen molar-refractivity contribution >= 4 is 6.03 Å². The summed E-state index contributed by atoms with van der Waals surface area (Å²) in [5.74, 6) is 0.927. The molecule has 0 radical (unpaired) electrons. The van der Waals surface area contributed by atoms with Gasteiger partial charge in [0.05, 0.1) is 0 Å². The monoisotopic (exact) mass is 336 g/mol. The van der Waals surface area contributed by atoms with E-state index >= 15 is 0 Å². The van der Waals surface area contributed by atoms with E-state index in [-0.39, 0.29) is 6.03 Å². The Labute approximate surface area is 147 Å². The van der Waals surface area contributed by atoms with Gasteiger partial charge in [-0.1, -0.05) is 19.3 Å². The third kappa shape index (κ3) is 5.62. The number of carbonyl (C=O) groups excluding carboxylic acids is 1. The molecule has 0 aromatic carbocycles. The van der Waals surface area contributed by atoms with Crippen molar-refractivity contribution in [1.82, 2.24) is 20.4 Å². The minimum atomic E-state index is 0.0512. The van der Waals surface area contributed by atoms with Crippen LogP contribution in [0, 0.1) is 5.92 Å². The standard InChI is InChI=1S/C19H36N4O/c1-22-11-7-17(8-12-22)20-19(24)21-18-9-13-23(14-10-18)15-16-5-3-2-4-6-16/h16-18H,2-15H2,1H3,(H2,20,21,24). The lowest BCUT2D eigenvalue weighted by atomic mass is 9.88. The highest BCUT2D eigenvalue weighted by Crippen LogP contribution is 2.25. The van der Waals surface area contributed by atoms with Gasteiger partial charge in [-0.25, -0.2) is 4.79 Å². The second-order valence-corrected chi connectivity index (χ2v) is 8.27. The van der Waals surface area contributed by atoms with Crippen molar-refractivity contribution in [3.05, 3.63) is 0 Å². The molecule has 0 atom stereocenters. The van der Waals surface area contributed by atoms with Crippen LogP contribution in [0.15, 0.2) is 0 Å². The molecule has 138 valence electrons. The summed E-state index contributed by atoms with van der Waals surface area (Å²) in [5.41, 5.74) is 0. The number of piperidine rings is 2. The molecule has 0 bridgehead atoms. The quantitative estimate of drug-likeness (QED) is 0.829. The van der Waals surface area contributed by atoms with Crippen molar-refractivity contribution in [3.63, 3.8) is 0 Å². The zero-order valence-electron chi connectivity index (χ0n) is 15.4. The maximum Gasteiger partial charge on any atom is 0.315 e. The first-order valence-corrected chi connectivity index (χ1v) is 10.2. The van der Waals surface area contributed by atoms with Crippen LogP contribution in [-0.4, -0.2) is 67.7 Å². The molecule has 1 aliphatic carbocycles. The molecule has 2 saturated heterocycles. The number of nitrogens with one attached hydrogen (secondary N) is 2. The number of hydrogen-bond acceptors (Lipinski definition) is 3. The topological polar surface area (TPSA) is 47.6 Å². The van der Waals surface area contributed by atoms with Gasteiger partial charge in [-0.15, -0.1) is 0 Å².